The molecule has 16 heavy (non-hydrogen) atoms. The van der Waals surface area contributed by atoms with Gasteiger partial charge in [-0.1, -0.05) is 24.3 Å². The number of halogens is 2. The summed E-state index contributed by atoms with van der Waals surface area (Å²) in [7, 11) is 0. The second-order valence-corrected chi connectivity index (χ2v) is 4.37. The van der Waals surface area contributed by atoms with Gasteiger partial charge in [0, 0.05) is 12.8 Å². The second-order valence-electron chi connectivity index (χ2n) is 3.53. The second kappa shape index (κ2) is 6.66. The van der Waals surface area contributed by atoms with Crippen LogP contribution in [0, 0.1) is 0 Å². The third kappa shape index (κ3) is 5.29. The molecule has 0 aliphatic rings. The van der Waals surface area contributed by atoms with Gasteiger partial charge in [-0.15, -0.1) is 0 Å². The third-order valence-electron chi connectivity index (χ3n) is 2.24. The highest BCUT2D eigenvalue weighted by molar-refractivity contribution is 6.63. The van der Waals surface area contributed by atoms with Gasteiger partial charge in [0.05, 0.1) is 0 Å². The minimum Gasteiger partial charge on any atom is -0.281 e. The molecule has 1 aromatic carbocycles. The largest absolute Gasteiger partial charge is 0.281 e. The van der Waals surface area contributed by atoms with Crippen molar-refractivity contribution in [2.45, 2.75) is 25.7 Å². The van der Waals surface area contributed by atoms with Gasteiger partial charge in [0.2, 0.25) is 10.5 Å². The molecule has 0 aromatic heterocycles. The van der Waals surface area contributed by atoms with E-state index in [0.717, 1.165) is 11.1 Å². The number of rotatable bonds is 6. The van der Waals surface area contributed by atoms with E-state index in [1.54, 1.807) is 0 Å². The van der Waals surface area contributed by atoms with Gasteiger partial charge in [0.25, 0.3) is 0 Å². The van der Waals surface area contributed by atoms with Crippen LogP contribution < -0.4 is 0 Å². The fraction of sp³-hybridized carbons (Fsp3) is 0.333. The number of hydrogen-bond acceptors (Lipinski definition) is 2. The van der Waals surface area contributed by atoms with Crippen molar-refractivity contribution in [3.63, 3.8) is 0 Å². The van der Waals surface area contributed by atoms with Crippen LogP contribution in [-0.2, 0) is 22.4 Å². The molecule has 0 aliphatic heterocycles. The van der Waals surface area contributed by atoms with Crippen LogP contribution >= 0.6 is 23.2 Å². The van der Waals surface area contributed by atoms with E-state index < -0.39 is 0 Å². The lowest BCUT2D eigenvalue weighted by molar-refractivity contribution is -0.112. The topological polar surface area (TPSA) is 34.1 Å². The van der Waals surface area contributed by atoms with Crippen molar-refractivity contribution < 1.29 is 9.59 Å². The first-order valence-electron chi connectivity index (χ1n) is 5.02. The monoisotopic (exact) mass is 258 g/mol. The number of carbonyl (C=O) groups is 2. The SMILES string of the molecule is O=C(Cl)CCc1ccc(CCC(=O)Cl)cc1. The summed E-state index contributed by atoms with van der Waals surface area (Å²) in [6.45, 7) is 0. The predicted molar refractivity (Wildman–Crippen MR) is 64.8 cm³/mol. The van der Waals surface area contributed by atoms with Gasteiger partial charge in [0.15, 0.2) is 0 Å². The lowest BCUT2D eigenvalue weighted by Crippen LogP contribution is -1.94. The molecule has 1 aromatic rings. The standard InChI is InChI=1S/C12H12Cl2O2/c13-11(15)7-5-9-1-2-10(4-3-9)6-8-12(14)16/h1-4H,5-8H2. The van der Waals surface area contributed by atoms with E-state index in [1.807, 2.05) is 24.3 Å². The van der Waals surface area contributed by atoms with E-state index >= 15 is 0 Å². The first-order valence-corrected chi connectivity index (χ1v) is 5.78. The molecule has 0 bridgehead atoms. The molecule has 0 N–H and O–H groups in total. The molecule has 0 saturated heterocycles. The summed E-state index contributed by atoms with van der Waals surface area (Å²) in [4.78, 5) is 21.1. The molecular weight excluding hydrogens is 247 g/mol. The number of aryl methyl sites for hydroxylation is 2. The van der Waals surface area contributed by atoms with Gasteiger partial charge >= 0.3 is 0 Å². The van der Waals surface area contributed by atoms with E-state index in [0.29, 0.717) is 25.7 Å². The molecule has 0 spiro atoms. The molecule has 0 atom stereocenters. The Hall–Kier alpha value is -0.860. The Morgan fingerprint density at radius 3 is 1.38 bits per heavy atom. The Morgan fingerprint density at radius 2 is 1.12 bits per heavy atom. The van der Waals surface area contributed by atoms with Gasteiger partial charge in [-0.3, -0.25) is 9.59 Å². The van der Waals surface area contributed by atoms with E-state index in [9.17, 15) is 9.59 Å². The normalized spacial score (nSPS) is 10.1. The summed E-state index contributed by atoms with van der Waals surface area (Å²) in [6, 6.07) is 7.75. The Labute approximate surface area is 105 Å². The van der Waals surface area contributed by atoms with Crippen LogP contribution in [0.15, 0.2) is 24.3 Å². The van der Waals surface area contributed by atoms with Crippen LogP contribution in [0.1, 0.15) is 24.0 Å². The molecule has 1 rings (SSSR count). The zero-order chi connectivity index (χ0) is 12.0. The third-order valence-corrected chi connectivity index (χ3v) is 2.62. The fourth-order valence-corrected chi connectivity index (χ4v) is 1.55. The molecule has 2 nitrogen and oxygen atoms in total. The minimum atomic E-state index is -0.322. The molecule has 0 heterocycles. The maximum absolute atomic E-state index is 10.6. The van der Waals surface area contributed by atoms with E-state index in [1.165, 1.54) is 0 Å². The van der Waals surface area contributed by atoms with E-state index in [-0.39, 0.29) is 10.5 Å². The van der Waals surface area contributed by atoms with Gasteiger partial charge < -0.3 is 0 Å². The van der Waals surface area contributed by atoms with Crippen LogP contribution in [0.25, 0.3) is 0 Å². The average molecular weight is 259 g/mol. The summed E-state index contributed by atoms with van der Waals surface area (Å²) in [5.41, 5.74) is 2.13. The summed E-state index contributed by atoms with van der Waals surface area (Å²) in [6.07, 6.45) is 2.00. The lowest BCUT2D eigenvalue weighted by atomic mass is 10.1. The van der Waals surface area contributed by atoms with Crippen molar-refractivity contribution in [3.05, 3.63) is 35.4 Å². The van der Waals surface area contributed by atoms with E-state index in [2.05, 4.69) is 0 Å². The fourth-order valence-electron chi connectivity index (χ4n) is 1.36. The van der Waals surface area contributed by atoms with Crippen molar-refractivity contribution in [2.75, 3.05) is 0 Å². The first kappa shape index (κ1) is 13.2. The molecule has 0 radical (unpaired) electrons. The maximum Gasteiger partial charge on any atom is 0.221 e. The molecule has 0 aliphatic carbocycles. The molecular formula is C12H12Cl2O2. The first-order chi connectivity index (χ1) is 7.58. The Balaban J connectivity index is 2.47. The van der Waals surface area contributed by atoms with Gasteiger partial charge in [-0.25, -0.2) is 0 Å². The molecule has 86 valence electrons. The summed E-state index contributed by atoms with van der Waals surface area (Å²) in [5, 5.41) is -0.645. The highest BCUT2D eigenvalue weighted by Crippen LogP contribution is 2.10. The highest BCUT2D eigenvalue weighted by Gasteiger charge is 2.00. The van der Waals surface area contributed by atoms with Gasteiger partial charge in [0.1, 0.15) is 0 Å². The number of carbonyl (C=O) groups excluding carboxylic acids is 2. The van der Waals surface area contributed by atoms with Crippen molar-refractivity contribution >= 4 is 33.7 Å². The smallest absolute Gasteiger partial charge is 0.221 e. The van der Waals surface area contributed by atoms with Crippen molar-refractivity contribution in [1.82, 2.24) is 0 Å². The molecule has 0 saturated carbocycles. The van der Waals surface area contributed by atoms with Crippen LogP contribution in [-0.4, -0.2) is 10.5 Å². The Bertz CT molecular complexity index is 334. The van der Waals surface area contributed by atoms with Gasteiger partial charge in [-0.05, 0) is 47.2 Å². The molecule has 4 heteroatoms. The summed E-state index contributed by atoms with van der Waals surface area (Å²) < 4.78 is 0. The van der Waals surface area contributed by atoms with Crippen LogP contribution in [0.5, 0.6) is 0 Å². The Kier molecular flexibility index (Phi) is 5.50. The van der Waals surface area contributed by atoms with Crippen molar-refractivity contribution in [1.29, 1.82) is 0 Å². The predicted octanol–water partition coefficient (Wildman–Crippen LogP) is 3.08. The molecule has 0 fully saturated rings. The zero-order valence-electron chi connectivity index (χ0n) is 8.71. The lowest BCUT2D eigenvalue weighted by Gasteiger charge is -2.01. The maximum atomic E-state index is 10.6. The number of benzene rings is 1. The van der Waals surface area contributed by atoms with Crippen molar-refractivity contribution in [3.8, 4) is 0 Å². The highest BCUT2D eigenvalue weighted by atomic mass is 35.5. The average Bonchev–Trinajstić information content (AvgIpc) is 2.25. The molecule has 0 amide bonds. The summed E-state index contributed by atoms with van der Waals surface area (Å²) >= 11 is 10.5. The van der Waals surface area contributed by atoms with Crippen LogP contribution in [0.3, 0.4) is 0 Å². The zero-order valence-corrected chi connectivity index (χ0v) is 10.2. The van der Waals surface area contributed by atoms with Crippen LogP contribution in [0.2, 0.25) is 0 Å². The Morgan fingerprint density at radius 1 is 0.812 bits per heavy atom. The van der Waals surface area contributed by atoms with Crippen molar-refractivity contribution in [2.24, 2.45) is 0 Å². The number of hydrogen-bond donors (Lipinski definition) is 0. The van der Waals surface area contributed by atoms with Crippen LogP contribution in [0.4, 0.5) is 0 Å². The molecule has 0 unspecified atom stereocenters. The minimum absolute atomic E-state index is 0.322. The van der Waals surface area contributed by atoms with E-state index in [4.69, 9.17) is 23.2 Å². The summed E-state index contributed by atoms with van der Waals surface area (Å²) in [5.74, 6) is 0. The quantitative estimate of drug-likeness (QED) is 0.735. The van der Waals surface area contributed by atoms with Gasteiger partial charge in [-0.2, -0.15) is 0 Å².